The third-order valence-corrected chi connectivity index (χ3v) is 2.76. The summed E-state index contributed by atoms with van der Waals surface area (Å²) in [6, 6.07) is 1.75. The average Bonchev–Trinajstić information content (AvgIpc) is 2.48. The van der Waals surface area contributed by atoms with Gasteiger partial charge in [0.05, 0.1) is 11.7 Å². The first-order valence-corrected chi connectivity index (χ1v) is 4.70. The molecule has 1 aromatic rings. The Bertz CT molecular complexity index is 353. The highest BCUT2D eigenvalue weighted by molar-refractivity contribution is 5.97. The minimum atomic E-state index is -0.649. The van der Waals surface area contributed by atoms with Crippen LogP contribution in [0.1, 0.15) is 19.3 Å². The Hall–Kier alpha value is -1.36. The van der Waals surface area contributed by atoms with E-state index in [9.17, 15) is 4.79 Å². The summed E-state index contributed by atoms with van der Waals surface area (Å²) in [5, 5.41) is 6.73. The highest BCUT2D eigenvalue weighted by Crippen LogP contribution is 2.30. The molecule has 14 heavy (non-hydrogen) atoms. The van der Waals surface area contributed by atoms with Crippen LogP contribution in [0.3, 0.4) is 0 Å². The molecular weight excluding hydrogens is 180 g/mol. The minimum Gasteiger partial charge on any atom is -0.317 e. The molecule has 1 aliphatic rings. The summed E-state index contributed by atoms with van der Waals surface area (Å²) < 4.78 is 1.61. The summed E-state index contributed by atoms with van der Waals surface area (Å²) in [6.45, 7) is 0. The van der Waals surface area contributed by atoms with Crippen LogP contribution in [0.25, 0.3) is 0 Å². The lowest BCUT2D eigenvalue weighted by Gasteiger charge is -2.36. The molecular formula is C9H14N4O. The maximum Gasteiger partial charge on any atom is 0.245 e. The molecule has 0 unspecified atom stereocenters. The Morgan fingerprint density at radius 1 is 1.71 bits per heavy atom. The summed E-state index contributed by atoms with van der Waals surface area (Å²) in [5.74, 6) is 0.582. The number of rotatable bonds is 2. The second-order valence-corrected chi connectivity index (χ2v) is 3.80. The van der Waals surface area contributed by atoms with E-state index >= 15 is 0 Å². The number of nitrogens with zero attached hydrogens (tertiary/aromatic N) is 2. The van der Waals surface area contributed by atoms with Crippen LogP contribution >= 0.6 is 0 Å². The lowest BCUT2D eigenvalue weighted by Crippen LogP contribution is -2.56. The van der Waals surface area contributed by atoms with Gasteiger partial charge in [-0.05, 0) is 19.3 Å². The van der Waals surface area contributed by atoms with Gasteiger partial charge in [-0.3, -0.25) is 9.48 Å². The van der Waals surface area contributed by atoms with Crippen molar-refractivity contribution in [2.24, 2.45) is 12.8 Å². The average molecular weight is 194 g/mol. The molecule has 0 bridgehead atoms. The quantitative estimate of drug-likeness (QED) is 0.708. The van der Waals surface area contributed by atoms with Gasteiger partial charge in [0.25, 0.3) is 0 Å². The van der Waals surface area contributed by atoms with E-state index in [4.69, 9.17) is 5.73 Å². The molecule has 0 radical (unpaired) electrons. The van der Waals surface area contributed by atoms with Crippen LogP contribution in [0.4, 0.5) is 5.82 Å². The highest BCUT2D eigenvalue weighted by Gasteiger charge is 2.40. The zero-order valence-electron chi connectivity index (χ0n) is 8.16. The highest BCUT2D eigenvalue weighted by atomic mass is 16.2. The number of aromatic nitrogens is 2. The largest absolute Gasteiger partial charge is 0.317 e. The summed E-state index contributed by atoms with van der Waals surface area (Å²) in [4.78, 5) is 11.7. The molecule has 1 fully saturated rings. The van der Waals surface area contributed by atoms with Gasteiger partial charge in [0, 0.05) is 13.1 Å². The molecule has 1 amide bonds. The number of hydrogen-bond donors (Lipinski definition) is 2. The van der Waals surface area contributed by atoms with Crippen LogP contribution < -0.4 is 11.1 Å². The van der Waals surface area contributed by atoms with E-state index in [1.807, 2.05) is 0 Å². The molecule has 0 spiro atoms. The van der Waals surface area contributed by atoms with Gasteiger partial charge in [-0.25, -0.2) is 0 Å². The predicted octanol–water partition coefficient (Wildman–Crippen LogP) is 0.240. The molecule has 3 N–H and O–H groups in total. The molecule has 0 saturated heterocycles. The summed E-state index contributed by atoms with van der Waals surface area (Å²) in [6.07, 6.45) is 4.22. The SMILES string of the molecule is Cn1nccc1NC(=O)C1(N)CCC1. The van der Waals surface area contributed by atoms with Crippen LogP contribution in [0.5, 0.6) is 0 Å². The molecule has 76 valence electrons. The number of carbonyl (C=O) groups excluding carboxylic acids is 1. The Morgan fingerprint density at radius 3 is 2.86 bits per heavy atom. The second kappa shape index (κ2) is 3.09. The van der Waals surface area contributed by atoms with Crippen molar-refractivity contribution in [2.45, 2.75) is 24.8 Å². The van der Waals surface area contributed by atoms with Crippen LogP contribution in [-0.4, -0.2) is 21.2 Å². The van der Waals surface area contributed by atoms with Gasteiger partial charge >= 0.3 is 0 Å². The van der Waals surface area contributed by atoms with Gasteiger partial charge in [0.1, 0.15) is 5.82 Å². The van der Waals surface area contributed by atoms with Crippen molar-refractivity contribution in [1.29, 1.82) is 0 Å². The molecule has 1 aromatic heterocycles. The van der Waals surface area contributed by atoms with Gasteiger partial charge in [-0.15, -0.1) is 0 Å². The molecule has 0 aromatic carbocycles. The topological polar surface area (TPSA) is 72.9 Å². The van der Waals surface area contributed by atoms with Gasteiger partial charge < -0.3 is 11.1 Å². The van der Waals surface area contributed by atoms with Crippen LogP contribution in [0, 0.1) is 0 Å². The number of nitrogens with one attached hydrogen (secondary N) is 1. The fourth-order valence-electron chi connectivity index (χ4n) is 1.52. The maximum absolute atomic E-state index is 11.7. The van der Waals surface area contributed by atoms with Crippen LogP contribution in [-0.2, 0) is 11.8 Å². The summed E-state index contributed by atoms with van der Waals surface area (Å²) in [5.41, 5.74) is 5.22. The van der Waals surface area contributed by atoms with E-state index in [1.54, 1.807) is 24.0 Å². The smallest absolute Gasteiger partial charge is 0.245 e. The molecule has 0 aliphatic heterocycles. The number of hydrogen-bond acceptors (Lipinski definition) is 3. The first kappa shape index (κ1) is 9.21. The monoisotopic (exact) mass is 194 g/mol. The van der Waals surface area contributed by atoms with E-state index in [2.05, 4.69) is 10.4 Å². The first-order valence-electron chi connectivity index (χ1n) is 4.70. The lowest BCUT2D eigenvalue weighted by molar-refractivity contribution is -0.123. The first-order chi connectivity index (χ1) is 6.62. The summed E-state index contributed by atoms with van der Waals surface area (Å²) >= 11 is 0. The molecule has 1 heterocycles. The number of nitrogens with two attached hydrogens (primary N) is 1. The van der Waals surface area contributed by atoms with Crippen molar-refractivity contribution in [3.63, 3.8) is 0 Å². The molecule has 5 nitrogen and oxygen atoms in total. The predicted molar refractivity (Wildman–Crippen MR) is 52.6 cm³/mol. The van der Waals surface area contributed by atoms with Crippen molar-refractivity contribution >= 4 is 11.7 Å². The number of amides is 1. The Kier molecular flexibility index (Phi) is 2.03. The third-order valence-electron chi connectivity index (χ3n) is 2.76. The fourth-order valence-corrected chi connectivity index (χ4v) is 1.52. The minimum absolute atomic E-state index is 0.104. The van der Waals surface area contributed by atoms with Crippen LogP contribution in [0.15, 0.2) is 12.3 Å². The number of aryl methyl sites for hydroxylation is 1. The van der Waals surface area contributed by atoms with Gasteiger partial charge in [-0.2, -0.15) is 5.10 Å². The fraction of sp³-hybridized carbons (Fsp3) is 0.556. The standard InChI is InChI=1S/C9H14N4O/c1-13-7(3-6-11-13)12-8(14)9(10)4-2-5-9/h3,6H,2,4-5,10H2,1H3,(H,12,14). The Morgan fingerprint density at radius 2 is 2.43 bits per heavy atom. The van der Waals surface area contributed by atoms with Crippen molar-refractivity contribution < 1.29 is 4.79 Å². The maximum atomic E-state index is 11.7. The molecule has 5 heteroatoms. The lowest BCUT2D eigenvalue weighted by atomic mass is 9.77. The second-order valence-electron chi connectivity index (χ2n) is 3.80. The van der Waals surface area contributed by atoms with Gasteiger partial charge in [0.2, 0.25) is 5.91 Å². The Labute approximate surface area is 82.3 Å². The van der Waals surface area contributed by atoms with Crippen LogP contribution in [0.2, 0.25) is 0 Å². The molecule has 1 saturated carbocycles. The van der Waals surface area contributed by atoms with Crippen molar-refractivity contribution in [2.75, 3.05) is 5.32 Å². The third kappa shape index (κ3) is 1.39. The molecule has 1 aliphatic carbocycles. The van der Waals surface area contributed by atoms with E-state index in [1.165, 1.54) is 0 Å². The summed E-state index contributed by atoms with van der Waals surface area (Å²) in [7, 11) is 1.78. The molecule has 0 atom stereocenters. The van der Waals surface area contributed by atoms with Crippen molar-refractivity contribution in [1.82, 2.24) is 9.78 Å². The normalized spacial score (nSPS) is 18.7. The number of anilines is 1. The van der Waals surface area contributed by atoms with E-state index < -0.39 is 5.54 Å². The van der Waals surface area contributed by atoms with E-state index in [0.29, 0.717) is 5.82 Å². The van der Waals surface area contributed by atoms with E-state index in [-0.39, 0.29) is 5.91 Å². The molecule has 2 rings (SSSR count). The Balaban J connectivity index is 2.05. The zero-order valence-corrected chi connectivity index (χ0v) is 8.16. The van der Waals surface area contributed by atoms with Gasteiger partial charge in [0.15, 0.2) is 0 Å². The van der Waals surface area contributed by atoms with E-state index in [0.717, 1.165) is 19.3 Å². The number of carbonyl (C=O) groups is 1. The zero-order chi connectivity index (χ0) is 10.2. The van der Waals surface area contributed by atoms with Crippen molar-refractivity contribution in [3.05, 3.63) is 12.3 Å². The van der Waals surface area contributed by atoms with Gasteiger partial charge in [-0.1, -0.05) is 0 Å². The van der Waals surface area contributed by atoms with Crippen molar-refractivity contribution in [3.8, 4) is 0 Å².